The smallest absolute Gasteiger partial charge is 0.236 e. The van der Waals surface area contributed by atoms with Crippen molar-refractivity contribution >= 4 is 5.91 Å². The molecule has 1 amide bonds. The quantitative estimate of drug-likeness (QED) is 0.232. The van der Waals surface area contributed by atoms with Crippen LogP contribution in [-0.4, -0.2) is 41.0 Å². The Balaban J connectivity index is 2.11. The number of ether oxygens (including phenoxy) is 2. The van der Waals surface area contributed by atoms with Gasteiger partial charge in [0.15, 0.2) is 0 Å². The van der Waals surface area contributed by atoms with Crippen LogP contribution in [0.3, 0.4) is 0 Å². The number of nitrogens with two attached hydrogens (primary N) is 1. The predicted molar refractivity (Wildman–Crippen MR) is 78.1 cm³/mol. The number of carbonyl (C=O) groups is 1. The molecule has 2 heterocycles. The number of allylic oxidation sites excluding steroid dienone is 3. The second kappa shape index (κ2) is 6.27. The van der Waals surface area contributed by atoms with Crippen LogP contribution in [0.25, 0.3) is 0 Å². The highest BCUT2D eigenvalue weighted by atomic mass is 16.6. The summed E-state index contributed by atoms with van der Waals surface area (Å²) in [6, 6.07) is 0. The van der Waals surface area contributed by atoms with E-state index in [1.54, 1.807) is 0 Å². The monoisotopic (exact) mass is 296 g/mol. The van der Waals surface area contributed by atoms with Crippen molar-refractivity contribution in [3.63, 3.8) is 0 Å². The van der Waals surface area contributed by atoms with Gasteiger partial charge < -0.3 is 14.6 Å². The van der Waals surface area contributed by atoms with Gasteiger partial charge in [0.25, 0.3) is 0 Å². The summed E-state index contributed by atoms with van der Waals surface area (Å²) in [5, 5.41) is 10.5. The van der Waals surface area contributed by atoms with Crippen molar-refractivity contribution in [3.05, 3.63) is 23.8 Å². The number of amides is 1. The molecule has 2 fully saturated rings. The van der Waals surface area contributed by atoms with Gasteiger partial charge in [-0.05, 0) is 20.8 Å². The average molecular weight is 296 g/mol. The van der Waals surface area contributed by atoms with Gasteiger partial charge in [-0.2, -0.15) is 0 Å². The van der Waals surface area contributed by atoms with E-state index < -0.39 is 17.8 Å². The van der Waals surface area contributed by atoms with Crippen molar-refractivity contribution in [2.45, 2.75) is 63.6 Å². The molecule has 0 aliphatic carbocycles. The van der Waals surface area contributed by atoms with E-state index in [9.17, 15) is 9.90 Å². The minimum atomic E-state index is -0.731. The van der Waals surface area contributed by atoms with Gasteiger partial charge >= 0.3 is 0 Å². The average Bonchev–Trinajstić information content (AvgIpc) is 3.11. The molecular weight excluding hydrogens is 272 g/mol. The van der Waals surface area contributed by atoms with Crippen LogP contribution in [0.5, 0.6) is 0 Å². The molecule has 5 atom stereocenters. The summed E-state index contributed by atoms with van der Waals surface area (Å²) >= 11 is 0. The predicted octanol–water partition coefficient (Wildman–Crippen LogP) is 0.565. The number of carbonyl (C=O) groups excluding carboxylic acids is 1. The highest BCUT2D eigenvalue weighted by Gasteiger charge is 2.63. The van der Waals surface area contributed by atoms with Gasteiger partial charge in [-0.3, -0.25) is 10.2 Å². The van der Waals surface area contributed by atoms with Crippen molar-refractivity contribution in [1.29, 1.82) is 0 Å². The highest BCUT2D eigenvalue weighted by Crippen LogP contribution is 2.48. The van der Waals surface area contributed by atoms with Gasteiger partial charge in [-0.15, -0.1) is 0 Å². The molecule has 2 aliphatic heterocycles. The van der Waals surface area contributed by atoms with Gasteiger partial charge in [0, 0.05) is 6.42 Å². The van der Waals surface area contributed by atoms with Crippen LogP contribution < -0.4 is 11.3 Å². The van der Waals surface area contributed by atoms with E-state index in [4.69, 9.17) is 15.3 Å². The maximum absolute atomic E-state index is 11.4. The van der Waals surface area contributed by atoms with E-state index in [2.05, 4.69) is 5.43 Å². The maximum atomic E-state index is 11.4. The third-order valence-corrected chi connectivity index (χ3v) is 4.31. The number of aliphatic hydroxyl groups excluding tert-OH is 1. The van der Waals surface area contributed by atoms with Crippen LogP contribution >= 0.6 is 0 Å². The highest BCUT2D eigenvalue weighted by molar-refractivity contribution is 5.75. The largest absolute Gasteiger partial charge is 0.387 e. The summed E-state index contributed by atoms with van der Waals surface area (Å²) in [7, 11) is 0. The van der Waals surface area contributed by atoms with Crippen molar-refractivity contribution < 1.29 is 19.4 Å². The minimum absolute atomic E-state index is 0.0291. The Bertz CT molecular complexity index is 463. The standard InChI is InChI=1S/C15H24N2O4/c1-4-9(2)5-6-12-14(19)15(10(3)21-15)8-11(20-12)7-13(18)17-16/h4-6,10-12,14,19H,7-8,16H2,1-3H3,(H,17,18)/b6-5+,9-4+/t10?,11-,12?,14-,15?/m1/s1. The molecule has 2 rings (SSSR count). The molecule has 118 valence electrons. The summed E-state index contributed by atoms with van der Waals surface area (Å²) in [5.41, 5.74) is 2.58. The number of rotatable bonds is 4. The van der Waals surface area contributed by atoms with Crippen LogP contribution in [-0.2, 0) is 14.3 Å². The first-order valence-corrected chi connectivity index (χ1v) is 7.25. The molecule has 21 heavy (non-hydrogen) atoms. The Kier molecular flexibility index (Phi) is 4.83. The van der Waals surface area contributed by atoms with Crippen LogP contribution in [0, 0.1) is 0 Å². The fraction of sp³-hybridized carbons (Fsp3) is 0.667. The number of hydrazine groups is 1. The number of hydrogen-bond acceptors (Lipinski definition) is 5. The molecule has 2 aliphatic rings. The van der Waals surface area contributed by atoms with Gasteiger partial charge in [0.2, 0.25) is 5.91 Å². The van der Waals surface area contributed by atoms with Gasteiger partial charge in [0.1, 0.15) is 17.8 Å². The van der Waals surface area contributed by atoms with Crippen molar-refractivity contribution in [1.82, 2.24) is 5.43 Å². The molecule has 6 nitrogen and oxygen atoms in total. The maximum Gasteiger partial charge on any atom is 0.236 e. The summed E-state index contributed by atoms with van der Waals surface area (Å²) in [6.45, 7) is 5.84. The zero-order valence-corrected chi connectivity index (χ0v) is 12.7. The molecule has 0 radical (unpaired) electrons. The fourth-order valence-corrected chi connectivity index (χ4v) is 2.80. The third kappa shape index (κ3) is 3.35. The van der Waals surface area contributed by atoms with E-state index >= 15 is 0 Å². The Morgan fingerprint density at radius 3 is 2.76 bits per heavy atom. The Hall–Kier alpha value is -1.21. The minimum Gasteiger partial charge on any atom is -0.387 e. The molecule has 0 aromatic carbocycles. The SMILES string of the molecule is C/C=C(C)/C=C/C1O[C@H](CC(=O)NN)CC2(OC2C)[C@@H]1O. The number of epoxide rings is 1. The first-order chi connectivity index (χ1) is 9.92. The van der Waals surface area contributed by atoms with E-state index in [1.807, 2.05) is 39.0 Å². The fourth-order valence-electron chi connectivity index (χ4n) is 2.80. The van der Waals surface area contributed by atoms with E-state index in [0.29, 0.717) is 6.42 Å². The summed E-state index contributed by atoms with van der Waals surface area (Å²) in [4.78, 5) is 11.4. The summed E-state index contributed by atoms with van der Waals surface area (Å²) < 4.78 is 11.5. The van der Waals surface area contributed by atoms with Crippen molar-refractivity contribution in [2.24, 2.45) is 5.84 Å². The van der Waals surface area contributed by atoms with Crippen LogP contribution in [0.15, 0.2) is 23.8 Å². The second-order valence-corrected chi connectivity index (χ2v) is 5.75. The van der Waals surface area contributed by atoms with Crippen molar-refractivity contribution in [2.75, 3.05) is 0 Å². The Morgan fingerprint density at radius 1 is 1.57 bits per heavy atom. The Labute approximate surface area is 125 Å². The lowest BCUT2D eigenvalue weighted by Gasteiger charge is -2.37. The molecule has 3 unspecified atom stereocenters. The van der Waals surface area contributed by atoms with Crippen molar-refractivity contribution in [3.8, 4) is 0 Å². The molecule has 1 spiro atoms. The summed E-state index contributed by atoms with van der Waals surface area (Å²) in [5.74, 6) is 4.84. The molecule has 0 aromatic heterocycles. The van der Waals surface area contributed by atoms with Crippen LogP contribution in [0.4, 0.5) is 0 Å². The van der Waals surface area contributed by atoms with E-state index in [1.165, 1.54) is 0 Å². The molecular formula is C15H24N2O4. The lowest BCUT2D eigenvalue weighted by molar-refractivity contribution is -0.145. The second-order valence-electron chi connectivity index (χ2n) is 5.75. The molecule has 0 bridgehead atoms. The Morgan fingerprint density at radius 2 is 2.24 bits per heavy atom. The zero-order chi connectivity index (χ0) is 15.6. The lowest BCUT2D eigenvalue weighted by atomic mass is 9.84. The van der Waals surface area contributed by atoms with E-state index in [-0.39, 0.29) is 24.5 Å². The summed E-state index contributed by atoms with van der Waals surface area (Å²) in [6.07, 6.45) is 4.78. The zero-order valence-electron chi connectivity index (χ0n) is 12.7. The first-order valence-electron chi connectivity index (χ1n) is 7.25. The number of aliphatic hydroxyl groups is 1. The number of hydrogen-bond donors (Lipinski definition) is 3. The van der Waals surface area contributed by atoms with Crippen LogP contribution in [0.2, 0.25) is 0 Å². The lowest BCUT2D eigenvalue weighted by Crippen LogP contribution is -2.52. The number of nitrogens with one attached hydrogen (secondary N) is 1. The molecule has 0 aromatic rings. The third-order valence-electron chi connectivity index (χ3n) is 4.31. The van der Waals surface area contributed by atoms with Gasteiger partial charge in [-0.25, -0.2) is 5.84 Å². The van der Waals surface area contributed by atoms with Gasteiger partial charge in [-0.1, -0.05) is 23.8 Å². The molecule has 6 heteroatoms. The normalized spacial score (nSPS) is 39.8. The van der Waals surface area contributed by atoms with Crippen LogP contribution in [0.1, 0.15) is 33.6 Å². The molecule has 2 saturated heterocycles. The van der Waals surface area contributed by atoms with Gasteiger partial charge in [0.05, 0.1) is 18.6 Å². The molecule has 4 N–H and O–H groups in total. The topological polar surface area (TPSA) is 97.1 Å². The van der Waals surface area contributed by atoms with E-state index in [0.717, 1.165) is 5.57 Å². The molecule has 0 saturated carbocycles. The first kappa shape index (κ1) is 16.2.